The smallest absolute Gasteiger partial charge is 0.126 e. The summed E-state index contributed by atoms with van der Waals surface area (Å²) in [5.41, 5.74) is 0. The highest BCUT2D eigenvalue weighted by Crippen LogP contribution is 2.32. The number of nitrogens with one attached hydrogen (secondary N) is 2. The van der Waals surface area contributed by atoms with Crippen LogP contribution in [0.4, 0.5) is 5.82 Å². The van der Waals surface area contributed by atoms with E-state index in [0.717, 1.165) is 16.2 Å². The molecule has 3 atom stereocenters. The molecule has 0 radical (unpaired) electrons. The van der Waals surface area contributed by atoms with Crippen LogP contribution in [0.25, 0.3) is 0 Å². The first-order valence-electron chi connectivity index (χ1n) is 5.43. The van der Waals surface area contributed by atoms with Crippen LogP contribution in [0.2, 0.25) is 0 Å². The first-order chi connectivity index (χ1) is 7.31. The Morgan fingerprint density at radius 3 is 2.93 bits per heavy atom. The summed E-state index contributed by atoms with van der Waals surface area (Å²) in [4.78, 5) is 4.34. The maximum Gasteiger partial charge on any atom is 0.126 e. The van der Waals surface area contributed by atoms with Gasteiger partial charge in [0.15, 0.2) is 0 Å². The predicted molar refractivity (Wildman–Crippen MR) is 63.9 cm³/mol. The summed E-state index contributed by atoms with van der Waals surface area (Å²) in [5.74, 6) is 1.86. The highest BCUT2D eigenvalue weighted by Gasteiger charge is 2.39. The second-order valence-corrected chi connectivity index (χ2v) is 5.38. The molecule has 2 fully saturated rings. The van der Waals surface area contributed by atoms with E-state index in [4.69, 9.17) is 0 Å². The van der Waals surface area contributed by atoms with E-state index < -0.39 is 0 Å². The molecular weight excluding hydrogens is 254 g/mol. The maximum absolute atomic E-state index is 4.34. The van der Waals surface area contributed by atoms with Crippen LogP contribution in [0.5, 0.6) is 0 Å². The Labute approximate surface area is 97.8 Å². The lowest BCUT2D eigenvalue weighted by molar-refractivity contribution is 0.465. The lowest BCUT2D eigenvalue weighted by atomic mass is 10.1. The molecule has 3 rings (SSSR count). The second-order valence-electron chi connectivity index (χ2n) is 4.46. The fraction of sp³-hybridized carbons (Fsp3) is 0.545. The standard InChI is InChI=1S/C11H14BrN3/c12-8-1-2-11(14-6-8)15-10-4-7-3-9(10)13-5-7/h1-2,6-7,9-10,13H,3-5H2,(H,14,15)/t7-,9+,10-/m1/s1. The van der Waals surface area contributed by atoms with Gasteiger partial charge in [-0.1, -0.05) is 0 Å². The van der Waals surface area contributed by atoms with Crippen molar-refractivity contribution < 1.29 is 0 Å². The molecule has 0 aromatic carbocycles. The molecule has 2 heterocycles. The first-order valence-corrected chi connectivity index (χ1v) is 6.22. The third kappa shape index (κ3) is 1.88. The minimum Gasteiger partial charge on any atom is -0.366 e. The average molecular weight is 268 g/mol. The van der Waals surface area contributed by atoms with Crippen LogP contribution >= 0.6 is 15.9 Å². The number of aromatic nitrogens is 1. The Kier molecular flexibility index (Phi) is 2.41. The normalized spacial score (nSPS) is 33.3. The van der Waals surface area contributed by atoms with Crippen LogP contribution in [0.1, 0.15) is 12.8 Å². The maximum atomic E-state index is 4.34. The van der Waals surface area contributed by atoms with Gasteiger partial charge in [-0.3, -0.25) is 0 Å². The van der Waals surface area contributed by atoms with E-state index in [0.29, 0.717) is 12.1 Å². The number of hydrogen-bond acceptors (Lipinski definition) is 3. The zero-order valence-corrected chi connectivity index (χ0v) is 10.00. The quantitative estimate of drug-likeness (QED) is 0.861. The van der Waals surface area contributed by atoms with Gasteiger partial charge < -0.3 is 10.6 Å². The van der Waals surface area contributed by atoms with Crippen LogP contribution < -0.4 is 10.6 Å². The molecular formula is C11H14BrN3. The molecule has 1 aliphatic heterocycles. The Hall–Kier alpha value is -0.610. The number of piperidine rings is 1. The van der Waals surface area contributed by atoms with Crippen molar-refractivity contribution in [2.45, 2.75) is 24.9 Å². The van der Waals surface area contributed by atoms with Crippen molar-refractivity contribution >= 4 is 21.7 Å². The van der Waals surface area contributed by atoms with Gasteiger partial charge in [-0.15, -0.1) is 0 Å². The van der Waals surface area contributed by atoms with Crippen LogP contribution in [0, 0.1) is 5.92 Å². The second kappa shape index (κ2) is 3.76. The monoisotopic (exact) mass is 267 g/mol. The topological polar surface area (TPSA) is 37.0 Å². The summed E-state index contributed by atoms with van der Waals surface area (Å²) >= 11 is 3.39. The van der Waals surface area contributed by atoms with Gasteiger partial charge in [0.2, 0.25) is 0 Å². The Morgan fingerprint density at radius 1 is 1.40 bits per heavy atom. The van der Waals surface area contributed by atoms with Crippen molar-refractivity contribution in [3.63, 3.8) is 0 Å². The highest BCUT2D eigenvalue weighted by atomic mass is 79.9. The third-order valence-corrected chi connectivity index (χ3v) is 3.86. The van der Waals surface area contributed by atoms with Gasteiger partial charge >= 0.3 is 0 Å². The van der Waals surface area contributed by atoms with Gasteiger partial charge in [-0.25, -0.2) is 4.98 Å². The fourth-order valence-corrected chi connectivity index (χ4v) is 2.90. The lowest BCUT2D eigenvalue weighted by Crippen LogP contribution is -2.41. The summed E-state index contributed by atoms with van der Waals surface area (Å²) < 4.78 is 1.03. The summed E-state index contributed by atoms with van der Waals surface area (Å²) in [7, 11) is 0. The number of rotatable bonds is 2. The Bertz CT molecular complexity index is 351. The van der Waals surface area contributed by atoms with Gasteiger partial charge in [0.1, 0.15) is 5.82 Å². The van der Waals surface area contributed by atoms with Gasteiger partial charge in [-0.05, 0) is 53.4 Å². The minimum absolute atomic E-state index is 0.567. The summed E-state index contributed by atoms with van der Waals surface area (Å²) in [6, 6.07) is 5.27. The van der Waals surface area contributed by atoms with Crippen molar-refractivity contribution in [3.05, 3.63) is 22.8 Å². The van der Waals surface area contributed by atoms with Gasteiger partial charge in [-0.2, -0.15) is 0 Å². The van der Waals surface area contributed by atoms with Crippen LogP contribution in [0.3, 0.4) is 0 Å². The molecule has 1 aliphatic carbocycles. The van der Waals surface area contributed by atoms with Crippen LogP contribution in [-0.2, 0) is 0 Å². The molecule has 3 nitrogen and oxygen atoms in total. The molecule has 2 N–H and O–H groups in total. The Balaban J connectivity index is 1.68. The molecule has 2 aliphatic rings. The molecule has 1 aromatic heterocycles. The number of fused-ring (bicyclic) bond motifs is 2. The van der Waals surface area contributed by atoms with E-state index in [1.807, 2.05) is 18.3 Å². The molecule has 80 valence electrons. The SMILES string of the molecule is Brc1ccc(N[C@@H]2C[C@@H]3CN[C@H]2C3)nc1. The average Bonchev–Trinajstić information content (AvgIpc) is 2.83. The lowest BCUT2D eigenvalue weighted by Gasteiger charge is -2.24. The summed E-state index contributed by atoms with van der Waals surface area (Å²) in [6.45, 7) is 1.20. The molecule has 0 spiro atoms. The molecule has 4 heteroatoms. The number of halogens is 1. The van der Waals surface area contributed by atoms with Crippen molar-refractivity contribution in [1.29, 1.82) is 0 Å². The number of anilines is 1. The summed E-state index contributed by atoms with van der Waals surface area (Å²) in [5, 5.41) is 7.04. The molecule has 0 unspecified atom stereocenters. The molecule has 1 aromatic rings. The van der Waals surface area contributed by atoms with Crippen molar-refractivity contribution in [2.75, 3.05) is 11.9 Å². The number of nitrogens with zero attached hydrogens (tertiary/aromatic N) is 1. The van der Waals surface area contributed by atoms with Gasteiger partial charge in [0.25, 0.3) is 0 Å². The van der Waals surface area contributed by atoms with E-state index >= 15 is 0 Å². The predicted octanol–water partition coefficient (Wildman–Crippen LogP) is 2.01. The molecule has 1 saturated carbocycles. The number of hydrogen-bond donors (Lipinski definition) is 2. The Morgan fingerprint density at radius 2 is 2.33 bits per heavy atom. The number of pyridine rings is 1. The zero-order chi connectivity index (χ0) is 10.3. The van der Waals surface area contributed by atoms with E-state index in [9.17, 15) is 0 Å². The van der Waals surface area contributed by atoms with E-state index in [1.165, 1.54) is 19.4 Å². The van der Waals surface area contributed by atoms with Crippen LogP contribution in [-0.4, -0.2) is 23.6 Å². The van der Waals surface area contributed by atoms with Crippen molar-refractivity contribution in [3.8, 4) is 0 Å². The molecule has 15 heavy (non-hydrogen) atoms. The molecule has 1 saturated heterocycles. The van der Waals surface area contributed by atoms with Gasteiger partial charge in [0.05, 0.1) is 0 Å². The van der Waals surface area contributed by atoms with E-state index in [1.54, 1.807) is 0 Å². The van der Waals surface area contributed by atoms with Gasteiger partial charge in [0, 0.05) is 22.8 Å². The van der Waals surface area contributed by atoms with E-state index in [2.05, 4.69) is 31.5 Å². The zero-order valence-electron chi connectivity index (χ0n) is 8.41. The minimum atomic E-state index is 0.567. The fourth-order valence-electron chi connectivity index (χ4n) is 2.66. The van der Waals surface area contributed by atoms with Crippen molar-refractivity contribution in [1.82, 2.24) is 10.3 Å². The molecule has 0 amide bonds. The highest BCUT2D eigenvalue weighted by molar-refractivity contribution is 9.10. The summed E-state index contributed by atoms with van der Waals surface area (Å²) in [6.07, 6.45) is 4.45. The van der Waals surface area contributed by atoms with E-state index in [-0.39, 0.29) is 0 Å². The largest absolute Gasteiger partial charge is 0.366 e. The van der Waals surface area contributed by atoms with Crippen molar-refractivity contribution in [2.24, 2.45) is 5.92 Å². The van der Waals surface area contributed by atoms with Crippen LogP contribution in [0.15, 0.2) is 22.8 Å². The molecule has 2 bridgehead atoms. The third-order valence-electron chi connectivity index (χ3n) is 3.39. The first kappa shape index (κ1) is 9.60.